The van der Waals surface area contributed by atoms with E-state index in [1.165, 1.54) is 5.06 Å². The molecule has 1 fully saturated rings. The largest absolute Gasteiger partial charge is 0.494 e. The van der Waals surface area contributed by atoms with Gasteiger partial charge in [-0.1, -0.05) is 53.0 Å². The van der Waals surface area contributed by atoms with Gasteiger partial charge in [-0.25, -0.2) is 9.90 Å². The lowest BCUT2D eigenvalue weighted by atomic mass is 9.91. The lowest BCUT2D eigenvalue weighted by molar-refractivity contribution is -0.243. The number of nitrogens with zero attached hydrogens (tertiary/aromatic N) is 1. The Balaban J connectivity index is 1.80. The van der Waals surface area contributed by atoms with E-state index in [9.17, 15) is 9.59 Å². The highest BCUT2D eigenvalue weighted by atomic mass is 35.5. The average molecular weight is 577 g/mol. The molecule has 1 unspecified atom stereocenters. The van der Waals surface area contributed by atoms with Gasteiger partial charge in [-0.3, -0.25) is 9.59 Å². The van der Waals surface area contributed by atoms with Crippen molar-refractivity contribution in [3.05, 3.63) is 70.0 Å². The van der Waals surface area contributed by atoms with Crippen molar-refractivity contribution in [3.8, 4) is 5.75 Å². The molecule has 2 aromatic carbocycles. The number of hydroxylamine groups is 2. The molecule has 1 aliphatic heterocycles. The average Bonchev–Trinajstić information content (AvgIpc) is 3.40. The zero-order valence-electron chi connectivity index (χ0n) is 23.4. The number of esters is 1. The molecule has 4 rings (SSSR count). The number of hydrogen-bond donors (Lipinski definition) is 0. The van der Waals surface area contributed by atoms with E-state index >= 15 is 0 Å². The lowest BCUT2D eigenvalue weighted by Crippen LogP contribution is -2.45. The second-order valence-corrected chi connectivity index (χ2v) is 12.0. The van der Waals surface area contributed by atoms with E-state index in [0.717, 1.165) is 16.7 Å². The van der Waals surface area contributed by atoms with Crippen LogP contribution in [0.2, 0.25) is 0 Å². The van der Waals surface area contributed by atoms with Gasteiger partial charge in [-0.2, -0.15) is 0 Å². The molecule has 7 nitrogen and oxygen atoms in total. The summed E-state index contributed by atoms with van der Waals surface area (Å²) < 4.78 is 15.7. The first-order chi connectivity index (χ1) is 18.3. The number of amides is 1. The van der Waals surface area contributed by atoms with Crippen molar-refractivity contribution in [2.45, 2.75) is 70.2 Å². The minimum absolute atomic E-state index is 0.130. The zero-order valence-corrected chi connectivity index (χ0v) is 25.0. The number of halogens is 2. The van der Waals surface area contributed by atoms with E-state index in [-0.39, 0.29) is 24.5 Å². The lowest BCUT2D eigenvalue weighted by Gasteiger charge is -2.32. The van der Waals surface area contributed by atoms with E-state index in [0.29, 0.717) is 30.1 Å². The monoisotopic (exact) mass is 575 g/mol. The molecule has 0 saturated heterocycles. The van der Waals surface area contributed by atoms with Crippen LogP contribution < -0.4 is 4.74 Å². The van der Waals surface area contributed by atoms with Crippen molar-refractivity contribution < 1.29 is 28.6 Å². The van der Waals surface area contributed by atoms with Crippen molar-refractivity contribution in [1.82, 2.24) is 5.06 Å². The third-order valence-corrected chi connectivity index (χ3v) is 8.19. The van der Waals surface area contributed by atoms with Crippen LogP contribution in [0.3, 0.4) is 0 Å². The van der Waals surface area contributed by atoms with Crippen LogP contribution >= 0.6 is 23.2 Å². The van der Waals surface area contributed by atoms with Gasteiger partial charge in [0, 0.05) is 13.0 Å². The Hall–Kier alpha value is -2.58. The van der Waals surface area contributed by atoms with Crippen molar-refractivity contribution >= 4 is 40.7 Å². The number of hydrogen-bond acceptors (Lipinski definition) is 6. The van der Waals surface area contributed by atoms with E-state index in [4.69, 9.17) is 42.3 Å². The molecule has 9 heteroatoms. The summed E-state index contributed by atoms with van der Waals surface area (Å²) in [5, 5.41) is 1.21. The van der Waals surface area contributed by atoms with Gasteiger partial charge in [0.25, 0.3) is 5.91 Å². The molecule has 0 radical (unpaired) electrons. The fraction of sp³-hybridized carbons (Fsp3) is 0.467. The Labute approximate surface area is 239 Å². The van der Waals surface area contributed by atoms with E-state index < -0.39 is 27.2 Å². The topological polar surface area (TPSA) is 74.3 Å². The number of rotatable bonds is 10. The minimum atomic E-state index is -1.37. The summed E-state index contributed by atoms with van der Waals surface area (Å²) in [6.45, 7) is 13.9. The Morgan fingerprint density at radius 2 is 1.59 bits per heavy atom. The van der Waals surface area contributed by atoms with Gasteiger partial charge in [-0.15, -0.1) is 0 Å². The SMILES string of the molecule is CCOCON1C(=O)C(c2c(C)cc(C)cc2C)=C(OC(=O)C2(c3ccc(OCC)cc3)CC2(Cl)Cl)C1(C)C. The van der Waals surface area contributed by atoms with Crippen molar-refractivity contribution in [2.24, 2.45) is 0 Å². The third-order valence-electron chi connectivity index (χ3n) is 7.27. The standard InChI is InChI=1S/C30H35Cl2NO6/c1-8-36-17-38-33-26(34)24(23-19(4)14-18(3)15-20(23)5)25(28(33,6)7)39-27(35)29(16-30(29,31)32)21-10-12-22(13-11-21)37-9-2/h10-15H,8-9,16-17H2,1-7H3. The first kappa shape index (κ1) is 29.4. The Morgan fingerprint density at radius 1 is 1.00 bits per heavy atom. The fourth-order valence-corrected chi connectivity index (χ4v) is 6.11. The molecular formula is C30H35Cl2NO6. The van der Waals surface area contributed by atoms with Gasteiger partial charge >= 0.3 is 5.97 Å². The van der Waals surface area contributed by atoms with Gasteiger partial charge in [0.15, 0.2) is 6.79 Å². The maximum atomic E-state index is 14.0. The van der Waals surface area contributed by atoms with Crippen LogP contribution in [0.15, 0.2) is 42.2 Å². The number of carbonyl (C=O) groups is 2. The molecule has 210 valence electrons. The van der Waals surface area contributed by atoms with Crippen LogP contribution in [0.1, 0.15) is 61.9 Å². The highest BCUT2D eigenvalue weighted by Crippen LogP contribution is 2.66. The molecule has 1 amide bonds. The number of alkyl halides is 2. The van der Waals surface area contributed by atoms with Crippen molar-refractivity contribution in [2.75, 3.05) is 20.0 Å². The Bertz CT molecular complexity index is 1290. The summed E-state index contributed by atoms with van der Waals surface area (Å²) in [5.41, 5.74) is 1.93. The van der Waals surface area contributed by atoms with Crippen LogP contribution in [0.25, 0.3) is 5.57 Å². The first-order valence-corrected chi connectivity index (χ1v) is 13.8. The zero-order chi connectivity index (χ0) is 28.8. The molecule has 0 bridgehead atoms. The van der Waals surface area contributed by atoms with E-state index in [1.807, 2.05) is 46.8 Å². The number of ether oxygens (including phenoxy) is 3. The molecule has 1 aliphatic carbocycles. The maximum Gasteiger partial charge on any atom is 0.324 e. The molecule has 0 spiro atoms. The maximum absolute atomic E-state index is 14.0. The molecule has 2 aromatic rings. The normalized spacial score (nSPS) is 21.4. The van der Waals surface area contributed by atoms with Gasteiger partial charge in [0.2, 0.25) is 0 Å². The molecule has 1 atom stereocenters. The molecule has 0 aromatic heterocycles. The number of aryl methyl sites for hydroxylation is 3. The predicted molar refractivity (Wildman–Crippen MR) is 151 cm³/mol. The Morgan fingerprint density at radius 3 is 2.10 bits per heavy atom. The van der Waals surface area contributed by atoms with E-state index in [2.05, 4.69) is 0 Å². The minimum Gasteiger partial charge on any atom is -0.494 e. The second-order valence-electron chi connectivity index (χ2n) is 10.5. The molecule has 39 heavy (non-hydrogen) atoms. The van der Waals surface area contributed by atoms with Crippen LogP contribution in [-0.2, 0) is 29.3 Å². The van der Waals surface area contributed by atoms with Gasteiger partial charge < -0.3 is 14.2 Å². The Kier molecular flexibility index (Phi) is 8.12. The van der Waals surface area contributed by atoms with Crippen LogP contribution in [0.4, 0.5) is 0 Å². The fourth-order valence-electron chi connectivity index (χ4n) is 5.34. The first-order valence-electron chi connectivity index (χ1n) is 13.0. The molecule has 0 N–H and O–H groups in total. The van der Waals surface area contributed by atoms with Crippen LogP contribution in [0, 0.1) is 20.8 Å². The predicted octanol–water partition coefficient (Wildman–Crippen LogP) is 6.33. The molecular weight excluding hydrogens is 541 g/mol. The summed E-state index contributed by atoms with van der Waals surface area (Å²) in [4.78, 5) is 33.7. The smallest absolute Gasteiger partial charge is 0.324 e. The summed E-state index contributed by atoms with van der Waals surface area (Å²) in [6.07, 6.45) is 0.167. The molecule has 2 aliphatic rings. The molecule has 1 saturated carbocycles. The van der Waals surface area contributed by atoms with Gasteiger partial charge in [-0.05, 0) is 82.9 Å². The second kappa shape index (κ2) is 10.8. The van der Waals surface area contributed by atoms with Crippen LogP contribution in [-0.4, -0.2) is 46.8 Å². The summed E-state index contributed by atoms with van der Waals surface area (Å²) in [7, 11) is 0. The highest BCUT2D eigenvalue weighted by Gasteiger charge is 2.74. The number of carbonyl (C=O) groups excluding carboxylic acids is 2. The summed E-state index contributed by atoms with van der Waals surface area (Å²) >= 11 is 13.2. The molecule has 1 heterocycles. The van der Waals surface area contributed by atoms with Crippen LogP contribution in [0.5, 0.6) is 5.75 Å². The van der Waals surface area contributed by atoms with Crippen molar-refractivity contribution in [1.29, 1.82) is 0 Å². The van der Waals surface area contributed by atoms with Gasteiger partial charge in [0.05, 0.1) is 12.2 Å². The number of benzene rings is 2. The third kappa shape index (κ3) is 5.06. The van der Waals surface area contributed by atoms with Crippen molar-refractivity contribution in [3.63, 3.8) is 0 Å². The summed E-state index contributed by atoms with van der Waals surface area (Å²) in [5.74, 6) is -0.226. The van der Waals surface area contributed by atoms with Gasteiger partial charge in [0.1, 0.15) is 26.8 Å². The highest BCUT2D eigenvalue weighted by molar-refractivity contribution is 6.54. The quantitative estimate of drug-likeness (QED) is 0.143. The van der Waals surface area contributed by atoms with E-state index in [1.54, 1.807) is 38.1 Å². The summed E-state index contributed by atoms with van der Waals surface area (Å²) in [6, 6.07) is 11.1.